The van der Waals surface area contributed by atoms with Gasteiger partial charge in [0, 0.05) is 38.2 Å². The van der Waals surface area contributed by atoms with E-state index in [0.29, 0.717) is 5.92 Å². The number of aromatic nitrogens is 1. The van der Waals surface area contributed by atoms with Crippen LogP contribution in [0.4, 0.5) is 5.13 Å². The molecule has 0 saturated carbocycles. The minimum atomic E-state index is 0.472. The molecule has 0 atom stereocenters. The first-order valence-electron chi connectivity index (χ1n) is 7.58. The van der Waals surface area contributed by atoms with Crippen molar-refractivity contribution in [2.24, 2.45) is 0 Å². The molecule has 0 bridgehead atoms. The van der Waals surface area contributed by atoms with Gasteiger partial charge in [0.2, 0.25) is 0 Å². The number of methoxy groups -OCH3 is 1. The smallest absolute Gasteiger partial charge is 0.185 e. The molecule has 116 valence electrons. The minimum absolute atomic E-state index is 0.472. The first-order valence-corrected chi connectivity index (χ1v) is 8.39. The van der Waals surface area contributed by atoms with E-state index in [1.165, 1.54) is 15.7 Å². The predicted octanol–water partition coefficient (Wildman–Crippen LogP) is 3.24. The van der Waals surface area contributed by atoms with Crippen molar-refractivity contribution in [3.8, 4) is 0 Å². The van der Waals surface area contributed by atoms with Gasteiger partial charge in [0.05, 0.1) is 12.3 Å². The Balaban J connectivity index is 2.78. The summed E-state index contributed by atoms with van der Waals surface area (Å²) in [5.74, 6) is 0.472. The van der Waals surface area contributed by atoms with Gasteiger partial charge in [0.15, 0.2) is 5.13 Å². The second-order valence-corrected chi connectivity index (χ2v) is 6.27. The fourth-order valence-electron chi connectivity index (χ4n) is 2.10. The third-order valence-corrected chi connectivity index (χ3v) is 4.31. The highest BCUT2D eigenvalue weighted by molar-refractivity contribution is 7.15. The topological polar surface area (TPSA) is 37.4 Å². The summed E-state index contributed by atoms with van der Waals surface area (Å²) in [6.45, 7) is 13.5. The van der Waals surface area contributed by atoms with Crippen molar-refractivity contribution >= 4 is 16.5 Å². The van der Waals surface area contributed by atoms with Crippen LogP contribution in [0.1, 0.15) is 50.6 Å². The Morgan fingerprint density at radius 1 is 1.35 bits per heavy atom. The van der Waals surface area contributed by atoms with Crippen molar-refractivity contribution in [2.75, 3.05) is 38.3 Å². The second-order valence-electron chi connectivity index (χ2n) is 5.21. The maximum atomic E-state index is 5.07. The van der Waals surface area contributed by atoms with Crippen LogP contribution in [0.25, 0.3) is 0 Å². The van der Waals surface area contributed by atoms with Gasteiger partial charge in [-0.05, 0) is 19.3 Å². The van der Waals surface area contributed by atoms with Crippen molar-refractivity contribution in [2.45, 2.75) is 46.6 Å². The van der Waals surface area contributed by atoms with Crippen molar-refractivity contribution in [3.63, 3.8) is 0 Å². The molecule has 1 N–H and O–H groups in total. The Labute approximate surface area is 127 Å². The molecule has 0 radical (unpaired) electrons. The second kappa shape index (κ2) is 9.32. The van der Waals surface area contributed by atoms with Gasteiger partial charge < -0.3 is 15.0 Å². The van der Waals surface area contributed by atoms with Gasteiger partial charge in [-0.15, -0.1) is 11.3 Å². The lowest BCUT2D eigenvalue weighted by Crippen LogP contribution is -2.23. The van der Waals surface area contributed by atoms with Crippen LogP contribution in [-0.4, -0.2) is 38.3 Å². The van der Waals surface area contributed by atoms with Crippen LogP contribution in [0.5, 0.6) is 0 Å². The number of rotatable bonds is 10. The zero-order chi connectivity index (χ0) is 15.0. The third kappa shape index (κ3) is 5.04. The van der Waals surface area contributed by atoms with Crippen molar-refractivity contribution in [3.05, 3.63) is 10.6 Å². The summed E-state index contributed by atoms with van der Waals surface area (Å²) in [5, 5.41) is 4.60. The molecule has 0 aliphatic rings. The molecule has 4 nitrogen and oxygen atoms in total. The summed E-state index contributed by atoms with van der Waals surface area (Å²) in [5.41, 5.74) is 1.24. The molecule has 1 aromatic heterocycles. The molecule has 0 fully saturated rings. The molecule has 1 aromatic rings. The molecule has 0 aliphatic heterocycles. The van der Waals surface area contributed by atoms with Gasteiger partial charge in [0.25, 0.3) is 0 Å². The zero-order valence-electron chi connectivity index (χ0n) is 13.5. The van der Waals surface area contributed by atoms with Crippen LogP contribution >= 0.6 is 11.3 Å². The summed E-state index contributed by atoms with van der Waals surface area (Å²) in [6.07, 6.45) is 1.16. The standard InChI is InChI=1S/C15H29N3OS/c1-6-9-18(7-2)15-17-14(12(3)4)13(20-15)11-16-8-10-19-5/h12,16H,6-11H2,1-5H3. The van der Waals surface area contributed by atoms with E-state index in [1.54, 1.807) is 7.11 Å². The molecule has 1 rings (SSSR count). The number of nitrogens with one attached hydrogen (secondary N) is 1. The zero-order valence-corrected chi connectivity index (χ0v) is 14.3. The highest BCUT2D eigenvalue weighted by atomic mass is 32.1. The Morgan fingerprint density at radius 2 is 2.10 bits per heavy atom. The van der Waals surface area contributed by atoms with E-state index < -0.39 is 0 Å². The number of anilines is 1. The fraction of sp³-hybridized carbons (Fsp3) is 0.800. The quantitative estimate of drug-likeness (QED) is 0.673. The number of thiazole rings is 1. The molecule has 1 heterocycles. The molecular weight excluding hydrogens is 270 g/mol. The molecule has 5 heteroatoms. The van der Waals surface area contributed by atoms with Gasteiger partial charge in [-0.3, -0.25) is 0 Å². The monoisotopic (exact) mass is 299 g/mol. The molecule has 0 saturated heterocycles. The largest absolute Gasteiger partial charge is 0.383 e. The van der Waals surface area contributed by atoms with Crippen molar-refractivity contribution in [1.82, 2.24) is 10.3 Å². The molecule has 20 heavy (non-hydrogen) atoms. The predicted molar refractivity (Wildman–Crippen MR) is 88.0 cm³/mol. The Hall–Kier alpha value is -0.650. The van der Waals surface area contributed by atoms with E-state index in [0.717, 1.165) is 39.2 Å². The maximum absolute atomic E-state index is 5.07. The van der Waals surface area contributed by atoms with Crippen LogP contribution in [0, 0.1) is 0 Å². The number of hydrogen-bond acceptors (Lipinski definition) is 5. The number of ether oxygens (including phenoxy) is 1. The van der Waals surface area contributed by atoms with E-state index in [-0.39, 0.29) is 0 Å². The van der Waals surface area contributed by atoms with Crippen LogP contribution in [0.2, 0.25) is 0 Å². The minimum Gasteiger partial charge on any atom is -0.383 e. The number of hydrogen-bond donors (Lipinski definition) is 1. The van der Waals surface area contributed by atoms with Gasteiger partial charge >= 0.3 is 0 Å². The van der Waals surface area contributed by atoms with E-state index in [4.69, 9.17) is 9.72 Å². The number of nitrogens with zero attached hydrogens (tertiary/aromatic N) is 2. The Morgan fingerprint density at radius 3 is 2.65 bits per heavy atom. The summed E-state index contributed by atoms with van der Waals surface area (Å²) < 4.78 is 5.07. The van der Waals surface area contributed by atoms with Crippen LogP contribution < -0.4 is 10.2 Å². The molecule has 0 aliphatic carbocycles. The summed E-state index contributed by atoms with van der Waals surface area (Å²) in [6, 6.07) is 0. The van der Waals surface area contributed by atoms with Gasteiger partial charge in [-0.2, -0.15) is 0 Å². The van der Waals surface area contributed by atoms with Crippen LogP contribution in [0.15, 0.2) is 0 Å². The highest BCUT2D eigenvalue weighted by Crippen LogP contribution is 2.30. The van der Waals surface area contributed by atoms with E-state index in [1.807, 2.05) is 11.3 Å². The lowest BCUT2D eigenvalue weighted by atomic mass is 10.1. The van der Waals surface area contributed by atoms with E-state index in [9.17, 15) is 0 Å². The Kier molecular flexibility index (Phi) is 8.11. The molecular formula is C15H29N3OS. The molecule has 0 aromatic carbocycles. The van der Waals surface area contributed by atoms with Crippen LogP contribution in [0.3, 0.4) is 0 Å². The average Bonchev–Trinajstić information content (AvgIpc) is 2.85. The van der Waals surface area contributed by atoms with E-state index in [2.05, 4.69) is 37.9 Å². The normalized spacial score (nSPS) is 11.3. The lowest BCUT2D eigenvalue weighted by molar-refractivity contribution is 0.199. The van der Waals surface area contributed by atoms with Gasteiger partial charge in [0.1, 0.15) is 0 Å². The molecule has 0 spiro atoms. The first-order chi connectivity index (χ1) is 9.63. The lowest BCUT2D eigenvalue weighted by Gasteiger charge is -2.18. The average molecular weight is 299 g/mol. The molecule has 0 amide bonds. The summed E-state index contributed by atoms with van der Waals surface area (Å²) in [7, 11) is 1.73. The molecule has 0 unspecified atom stereocenters. The fourth-order valence-corrected chi connectivity index (χ4v) is 3.37. The van der Waals surface area contributed by atoms with E-state index >= 15 is 0 Å². The van der Waals surface area contributed by atoms with Crippen molar-refractivity contribution in [1.29, 1.82) is 0 Å². The van der Waals surface area contributed by atoms with Crippen LogP contribution in [-0.2, 0) is 11.3 Å². The SMILES string of the molecule is CCCN(CC)c1nc(C(C)C)c(CNCCOC)s1. The first kappa shape index (κ1) is 17.4. The third-order valence-electron chi connectivity index (χ3n) is 3.18. The Bertz CT molecular complexity index is 379. The highest BCUT2D eigenvalue weighted by Gasteiger charge is 2.16. The van der Waals surface area contributed by atoms with Gasteiger partial charge in [-0.25, -0.2) is 4.98 Å². The van der Waals surface area contributed by atoms with Crippen molar-refractivity contribution < 1.29 is 4.74 Å². The summed E-state index contributed by atoms with van der Waals surface area (Å²) in [4.78, 5) is 8.60. The summed E-state index contributed by atoms with van der Waals surface area (Å²) >= 11 is 1.83. The maximum Gasteiger partial charge on any atom is 0.185 e. The van der Waals surface area contributed by atoms with Gasteiger partial charge in [-0.1, -0.05) is 20.8 Å².